The van der Waals surface area contributed by atoms with E-state index in [2.05, 4.69) is 30.3 Å². The maximum atomic E-state index is 6.02. The summed E-state index contributed by atoms with van der Waals surface area (Å²) in [5.41, 5.74) is 7.57. The number of rotatable bonds is 2. The Morgan fingerprint density at radius 2 is 2.23 bits per heavy atom. The number of hydrogen-bond donors (Lipinski definition) is 1. The summed E-state index contributed by atoms with van der Waals surface area (Å²) in [6.45, 7) is 7.55. The lowest BCUT2D eigenvalue weighted by Crippen LogP contribution is -2.07. The van der Waals surface area contributed by atoms with E-state index in [1.807, 2.05) is 12.5 Å². The van der Waals surface area contributed by atoms with Crippen LogP contribution in [-0.2, 0) is 6.54 Å². The molecule has 0 radical (unpaired) electrons. The zero-order valence-corrected chi connectivity index (χ0v) is 8.49. The Balaban J connectivity index is 2.28. The minimum Gasteiger partial charge on any atom is -0.335 e. The minimum atomic E-state index is 0.257. The van der Waals surface area contributed by atoms with Gasteiger partial charge in [-0.05, 0) is 12.3 Å². The molecule has 0 spiro atoms. The summed E-state index contributed by atoms with van der Waals surface area (Å²) < 4.78 is 2.18. The summed E-state index contributed by atoms with van der Waals surface area (Å²) in [5, 5.41) is 0. The molecule has 0 saturated heterocycles. The second-order valence-corrected chi connectivity index (χ2v) is 4.43. The van der Waals surface area contributed by atoms with Crippen molar-refractivity contribution in [3.63, 3.8) is 0 Å². The number of nitrogens with two attached hydrogens (primary N) is 1. The summed E-state index contributed by atoms with van der Waals surface area (Å²) in [6.07, 6.45) is 3.83. The third-order valence-corrected chi connectivity index (χ3v) is 3.31. The van der Waals surface area contributed by atoms with Gasteiger partial charge >= 0.3 is 0 Å². The number of nitrogens with zero attached hydrogens (tertiary/aromatic N) is 2. The molecule has 1 aliphatic carbocycles. The fraction of sp³-hybridized carbons (Fsp3) is 0.700. The smallest absolute Gasteiger partial charge is 0.0948 e. The molecule has 0 bridgehead atoms. The van der Waals surface area contributed by atoms with Gasteiger partial charge in [0.1, 0.15) is 0 Å². The third-order valence-electron chi connectivity index (χ3n) is 3.31. The molecule has 3 heteroatoms. The molecule has 2 atom stereocenters. The molecule has 1 aromatic heterocycles. The molecule has 72 valence electrons. The number of aromatic nitrogens is 2. The van der Waals surface area contributed by atoms with Crippen molar-refractivity contribution in [3.8, 4) is 0 Å². The third kappa shape index (κ3) is 1.10. The molecule has 0 unspecified atom stereocenters. The molecular weight excluding hydrogens is 162 g/mol. The molecule has 0 aromatic carbocycles. The van der Waals surface area contributed by atoms with Gasteiger partial charge in [0, 0.05) is 30.4 Å². The van der Waals surface area contributed by atoms with E-state index in [1.165, 1.54) is 5.69 Å². The molecule has 1 aliphatic rings. The molecule has 1 saturated carbocycles. The fourth-order valence-corrected chi connectivity index (χ4v) is 2.10. The van der Waals surface area contributed by atoms with Crippen LogP contribution < -0.4 is 5.73 Å². The van der Waals surface area contributed by atoms with E-state index in [0.29, 0.717) is 12.0 Å². The number of imidazole rings is 1. The predicted octanol–water partition coefficient (Wildman–Crippen LogP) is 1.35. The van der Waals surface area contributed by atoms with Crippen molar-refractivity contribution in [2.45, 2.75) is 39.3 Å². The highest BCUT2D eigenvalue weighted by Gasteiger charge is 2.57. The Morgan fingerprint density at radius 3 is 2.69 bits per heavy atom. The lowest BCUT2D eigenvalue weighted by molar-refractivity contribution is 0.582. The molecule has 2 rings (SSSR count). The molecule has 1 heterocycles. The van der Waals surface area contributed by atoms with Gasteiger partial charge in [0.15, 0.2) is 0 Å². The second-order valence-electron chi connectivity index (χ2n) is 4.43. The van der Waals surface area contributed by atoms with E-state index in [1.54, 1.807) is 0 Å². The van der Waals surface area contributed by atoms with Crippen molar-refractivity contribution in [1.29, 1.82) is 0 Å². The van der Waals surface area contributed by atoms with E-state index in [0.717, 1.165) is 6.54 Å². The van der Waals surface area contributed by atoms with Gasteiger partial charge in [0.05, 0.1) is 6.33 Å². The largest absolute Gasteiger partial charge is 0.335 e. The SMILES string of the molecule is CCn1cncc1[C@H]1[C@H](N)C1(C)C. The maximum Gasteiger partial charge on any atom is 0.0948 e. The Bertz CT molecular complexity index is 314. The van der Waals surface area contributed by atoms with Gasteiger partial charge < -0.3 is 10.3 Å². The molecule has 1 aromatic rings. The molecule has 0 aliphatic heterocycles. The first-order valence-corrected chi connectivity index (χ1v) is 4.84. The van der Waals surface area contributed by atoms with Crippen LogP contribution >= 0.6 is 0 Å². The van der Waals surface area contributed by atoms with Crippen molar-refractivity contribution in [3.05, 3.63) is 18.2 Å². The Hall–Kier alpha value is -0.830. The Morgan fingerprint density at radius 1 is 1.62 bits per heavy atom. The van der Waals surface area contributed by atoms with Gasteiger partial charge in [-0.1, -0.05) is 13.8 Å². The molecule has 13 heavy (non-hydrogen) atoms. The van der Waals surface area contributed by atoms with Crippen molar-refractivity contribution in [2.75, 3.05) is 0 Å². The van der Waals surface area contributed by atoms with Crippen LogP contribution in [0, 0.1) is 5.41 Å². The van der Waals surface area contributed by atoms with Crippen LogP contribution in [0.1, 0.15) is 32.4 Å². The summed E-state index contributed by atoms with van der Waals surface area (Å²) in [7, 11) is 0. The maximum absolute atomic E-state index is 6.02. The average Bonchev–Trinajstić information content (AvgIpc) is 2.54. The highest BCUT2D eigenvalue weighted by atomic mass is 15.1. The van der Waals surface area contributed by atoms with Gasteiger partial charge in [-0.2, -0.15) is 0 Å². The highest BCUT2D eigenvalue weighted by Crippen LogP contribution is 2.57. The van der Waals surface area contributed by atoms with Crippen molar-refractivity contribution < 1.29 is 0 Å². The molecule has 3 nitrogen and oxygen atoms in total. The molecule has 1 fully saturated rings. The molecule has 0 amide bonds. The summed E-state index contributed by atoms with van der Waals surface area (Å²) in [6, 6.07) is 0.300. The first kappa shape index (κ1) is 8.75. The standard InChI is InChI=1S/C10H17N3/c1-4-13-6-12-5-7(13)8-9(11)10(8,2)3/h5-6,8-9H,4,11H2,1-3H3/t8-,9-/m0/s1. The lowest BCUT2D eigenvalue weighted by Gasteiger charge is -2.05. The summed E-state index contributed by atoms with van der Waals surface area (Å²) >= 11 is 0. The normalized spacial score (nSPS) is 30.5. The monoisotopic (exact) mass is 179 g/mol. The van der Waals surface area contributed by atoms with Crippen LogP contribution in [-0.4, -0.2) is 15.6 Å². The first-order chi connectivity index (χ1) is 6.09. The van der Waals surface area contributed by atoms with Gasteiger partial charge in [-0.15, -0.1) is 0 Å². The van der Waals surface area contributed by atoms with E-state index in [4.69, 9.17) is 5.73 Å². The van der Waals surface area contributed by atoms with Crippen LogP contribution in [0.2, 0.25) is 0 Å². The Kier molecular flexibility index (Phi) is 1.74. The average molecular weight is 179 g/mol. The summed E-state index contributed by atoms with van der Waals surface area (Å²) in [5.74, 6) is 0.495. The number of aryl methyl sites for hydroxylation is 1. The Labute approximate surface area is 79.0 Å². The van der Waals surface area contributed by atoms with E-state index < -0.39 is 0 Å². The quantitative estimate of drug-likeness (QED) is 0.744. The van der Waals surface area contributed by atoms with Crippen LogP contribution in [0.3, 0.4) is 0 Å². The zero-order valence-electron chi connectivity index (χ0n) is 8.49. The van der Waals surface area contributed by atoms with Gasteiger partial charge in [0.2, 0.25) is 0 Å². The van der Waals surface area contributed by atoms with E-state index in [-0.39, 0.29) is 5.41 Å². The van der Waals surface area contributed by atoms with E-state index >= 15 is 0 Å². The summed E-state index contributed by atoms with van der Waals surface area (Å²) in [4.78, 5) is 4.16. The number of hydrogen-bond acceptors (Lipinski definition) is 2. The predicted molar refractivity (Wildman–Crippen MR) is 52.4 cm³/mol. The fourth-order valence-electron chi connectivity index (χ4n) is 2.10. The topological polar surface area (TPSA) is 43.8 Å². The minimum absolute atomic E-state index is 0.257. The highest BCUT2D eigenvalue weighted by molar-refractivity contribution is 5.28. The zero-order chi connectivity index (χ0) is 9.64. The second kappa shape index (κ2) is 2.58. The van der Waals surface area contributed by atoms with Crippen molar-refractivity contribution in [2.24, 2.45) is 11.1 Å². The van der Waals surface area contributed by atoms with Crippen LogP contribution in [0.25, 0.3) is 0 Å². The van der Waals surface area contributed by atoms with Crippen molar-refractivity contribution >= 4 is 0 Å². The van der Waals surface area contributed by atoms with Gasteiger partial charge in [-0.25, -0.2) is 4.98 Å². The van der Waals surface area contributed by atoms with E-state index in [9.17, 15) is 0 Å². The molecular formula is C10H17N3. The van der Waals surface area contributed by atoms with Crippen LogP contribution in [0.4, 0.5) is 0 Å². The molecule has 2 N–H and O–H groups in total. The van der Waals surface area contributed by atoms with Crippen LogP contribution in [0.15, 0.2) is 12.5 Å². The first-order valence-electron chi connectivity index (χ1n) is 4.84. The van der Waals surface area contributed by atoms with Gasteiger partial charge in [-0.3, -0.25) is 0 Å². The van der Waals surface area contributed by atoms with Gasteiger partial charge in [0.25, 0.3) is 0 Å². The van der Waals surface area contributed by atoms with Crippen molar-refractivity contribution in [1.82, 2.24) is 9.55 Å². The van der Waals surface area contributed by atoms with Crippen LogP contribution in [0.5, 0.6) is 0 Å². The lowest BCUT2D eigenvalue weighted by atomic mass is 10.1.